The predicted molar refractivity (Wildman–Crippen MR) is 78.3 cm³/mol. The number of benzene rings is 1. The van der Waals surface area contributed by atoms with E-state index in [1.807, 2.05) is 0 Å². The highest BCUT2D eigenvalue weighted by atomic mass is 32.1. The average Bonchev–Trinajstić information content (AvgIpc) is 2.40. The Balaban J connectivity index is 2.23. The summed E-state index contributed by atoms with van der Waals surface area (Å²) in [6.45, 7) is 3.99. The van der Waals surface area contributed by atoms with Crippen molar-refractivity contribution in [3.8, 4) is 0 Å². The minimum absolute atomic E-state index is 0.147. The van der Waals surface area contributed by atoms with Gasteiger partial charge in [0.2, 0.25) is 0 Å². The lowest BCUT2D eigenvalue weighted by atomic mass is 9.86. The van der Waals surface area contributed by atoms with Gasteiger partial charge in [0.25, 0.3) is 0 Å². The van der Waals surface area contributed by atoms with Gasteiger partial charge in [-0.05, 0) is 6.92 Å². The minimum atomic E-state index is -0.452. The van der Waals surface area contributed by atoms with Gasteiger partial charge in [-0.1, -0.05) is 29.8 Å². The van der Waals surface area contributed by atoms with E-state index >= 15 is 0 Å². The summed E-state index contributed by atoms with van der Waals surface area (Å²) in [4.78, 5) is 11.9. The monoisotopic (exact) mass is 280 g/mol. The number of hydrogen-bond acceptors (Lipinski definition) is 3. The Morgan fingerprint density at radius 1 is 1.42 bits per heavy atom. The van der Waals surface area contributed by atoms with E-state index in [9.17, 15) is 4.79 Å². The summed E-state index contributed by atoms with van der Waals surface area (Å²) in [7, 11) is 0. The number of rotatable bonds is 4. The Hall–Kier alpha value is -1.00. The highest BCUT2D eigenvalue weighted by Crippen LogP contribution is 2.31. The van der Waals surface area contributed by atoms with Gasteiger partial charge in [0, 0.05) is 24.2 Å². The molecule has 1 aliphatic heterocycles. The zero-order valence-corrected chi connectivity index (χ0v) is 12.3. The number of carbonyl (C=O) groups excluding carboxylic acids is 1. The van der Waals surface area contributed by atoms with Gasteiger partial charge in [0.15, 0.2) is 5.60 Å². The van der Waals surface area contributed by atoms with Crippen LogP contribution >= 0.6 is 12.6 Å². The molecule has 2 N–H and O–H groups in total. The minimum Gasteiger partial charge on any atom is -0.448 e. The molecule has 1 aromatic rings. The molecule has 1 aromatic carbocycles. The molecule has 1 heterocycles. The molecule has 0 radical (unpaired) electrons. The van der Waals surface area contributed by atoms with Crippen LogP contribution in [-0.4, -0.2) is 24.8 Å². The van der Waals surface area contributed by atoms with Gasteiger partial charge in [-0.3, -0.25) is 4.79 Å². The Bertz CT molecular complexity index is 424. The van der Waals surface area contributed by atoms with Crippen molar-refractivity contribution in [1.29, 1.82) is 0 Å². The fraction of sp³-hybridized carbons (Fsp3) is 0.533. The van der Waals surface area contributed by atoms with E-state index in [2.05, 4.69) is 49.1 Å². The van der Waals surface area contributed by atoms with E-state index in [-0.39, 0.29) is 5.97 Å². The van der Waals surface area contributed by atoms with Crippen LogP contribution in [0.3, 0.4) is 0 Å². The third kappa shape index (κ3) is 3.51. The van der Waals surface area contributed by atoms with Crippen molar-refractivity contribution in [2.24, 2.45) is 0 Å². The third-order valence-electron chi connectivity index (χ3n) is 3.67. The first-order valence-electron chi connectivity index (χ1n) is 6.88. The molecule has 1 unspecified atom stereocenters. The number of esters is 1. The molecule has 0 amide bonds. The predicted octanol–water partition coefficient (Wildman–Crippen LogP) is 1.41. The Labute approximate surface area is 120 Å². The van der Waals surface area contributed by atoms with Crippen molar-refractivity contribution in [3.63, 3.8) is 0 Å². The van der Waals surface area contributed by atoms with Gasteiger partial charge in [-0.15, -0.1) is 0 Å². The van der Waals surface area contributed by atoms with Gasteiger partial charge in [-0.25, -0.2) is 0 Å². The van der Waals surface area contributed by atoms with Crippen LogP contribution in [0.25, 0.3) is 0 Å². The smallest absolute Gasteiger partial charge is 0.307 e. The van der Waals surface area contributed by atoms with Crippen LogP contribution in [0.4, 0.5) is 0 Å². The van der Waals surface area contributed by atoms with Gasteiger partial charge in [0.1, 0.15) is 6.54 Å². The van der Waals surface area contributed by atoms with Crippen molar-refractivity contribution < 1.29 is 14.8 Å². The highest BCUT2D eigenvalue weighted by molar-refractivity contribution is 7.80. The number of piperidine rings is 1. The zero-order chi connectivity index (χ0) is 13.7. The molecule has 4 heteroatoms. The standard InChI is InChI=1S/C15H21NO2S/c1-12-3-5-13(6-4-12)15(8-2-9-16-11-15)18-14(17)7-10-19/h3-6,16,19H,2,7-11H2,1H3/p+1. The molecule has 19 heavy (non-hydrogen) atoms. The molecule has 1 saturated heterocycles. The maximum atomic E-state index is 11.9. The fourth-order valence-electron chi connectivity index (χ4n) is 2.60. The van der Waals surface area contributed by atoms with E-state index in [0.29, 0.717) is 12.2 Å². The van der Waals surface area contributed by atoms with Crippen LogP contribution in [0, 0.1) is 6.92 Å². The van der Waals surface area contributed by atoms with Crippen LogP contribution in [0.2, 0.25) is 0 Å². The number of thiol groups is 1. The third-order valence-corrected chi connectivity index (χ3v) is 3.89. The van der Waals surface area contributed by atoms with Crippen molar-refractivity contribution in [2.75, 3.05) is 18.8 Å². The number of aryl methyl sites for hydroxylation is 1. The SMILES string of the molecule is Cc1ccc(C2(OC(=O)CCS)CCC[NH2+]C2)cc1. The first kappa shape index (κ1) is 14.4. The lowest BCUT2D eigenvalue weighted by Crippen LogP contribution is -2.90. The van der Waals surface area contributed by atoms with Crippen LogP contribution in [0.5, 0.6) is 0 Å². The topological polar surface area (TPSA) is 42.9 Å². The molecule has 3 nitrogen and oxygen atoms in total. The lowest BCUT2D eigenvalue weighted by Gasteiger charge is -2.35. The first-order chi connectivity index (χ1) is 9.16. The molecule has 0 saturated carbocycles. The number of ether oxygens (including phenoxy) is 1. The van der Waals surface area contributed by atoms with Gasteiger partial charge >= 0.3 is 5.97 Å². The molecule has 1 atom stereocenters. The second kappa shape index (κ2) is 6.44. The molecule has 2 rings (SSSR count). The van der Waals surface area contributed by atoms with Crippen LogP contribution in [0.1, 0.15) is 30.4 Å². The average molecular weight is 280 g/mol. The van der Waals surface area contributed by atoms with Gasteiger partial charge in [-0.2, -0.15) is 12.6 Å². The number of carbonyl (C=O) groups is 1. The van der Waals surface area contributed by atoms with Crippen LogP contribution in [0.15, 0.2) is 24.3 Å². The Kier molecular flexibility index (Phi) is 4.88. The van der Waals surface area contributed by atoms with Crippen molar-refractivity contribution in [3.05, 3.63) is 35.4 Å². The summed E-state index contributed by atoms with van der Waals surface area (Å²) < 4.78 is 5.83. The summed E-state index contributed by atoms with van der Waals surface area (Å²) in [5, 5.41) is 2.23. The first-order valence-corrected chi connectivity index (χ1v) is 7.51. The fourth-order valence-corrected chi connectivity index (χ4v) is 2.78. The van der Waals surface area contributed by atoms with E-state index in [1.54, 1.807) is 0 Å². The lowest BCUT2D eigenvalue weighted by molar-refractivity contribution is -0.678. The summed E-state index contributed by atoms with van der Waals surface area (Å²) >= 11 is 4.10. The van der Waals surface area contributed by atoms with Crippen LogP contribution in [-0.2, 0) is 15.1 Å². The maximum Gasteiger partial charge on any atom is 0.307 e. The second-order valence-corrected chi connectivity index (χ2v) is 5.64. The summed E-state index contributed by atoms with van der Waals surface area (Å²) in [6.07, 6.45) is 2.35. The van der Waals surface area contributed by atoms with Gasteiger partial charge in [0.05, 0.1) is 13.0 Å². The van der Waals surface area contributed by atoms with Crippen molar-refractivity contribution in [2.45, 2.75) is 31.8 Å². The zero-order valence-electron chi connectivity index (χ0n) is 11.4. The molecule has 0 spiro atoms. The van der Waals surface area contributed by atoms with Crippen molar-refractivity contribution in [1.82, 2.24) is 0 Å². The summed E-state index contributed by atoms with van der Waals surface area (Å²) in [5.41, 5.74) is 1.88. The number of nitrogens with two attached hydrogens (primary N) is 1. The normalized spacial score (nSPS) is 23.1. The Morgan fingerprint density at radius 2 is 2.16 bits per heavy atom. The number of quaternary nitrogens is 1. The van der Waals surface area contributed by atoms with E-state index < -0.39 is 5.60 Å². The van der Waals surface area contributed by atoms with Crippen LogP contribution < -0.4 is 5.32 Å². The molecular formula is C15H22NO2S+. The van der Waals surface area contributed by atoms with E-state index in [0.717, 1.165) is 31.5 Å². The van der Waals surface area contributed by atoms with Crippen molar-refractivity contribution >= 4 is 18.6 Å². The molecule has 0 bridgehead atoms. The molecule has 1 aliphatic rings. The van der Waals surface area contributed by atoms with E-state index in [1.165, 1.54) is 5.56 Å². The highest BCUT2D eigenvalue weighted by Gasteiger charge is 2.40. The Morgan fingerprint density at radius 3 is 2.74 bits per heavy atom. The number of hydrogen-bond donors (Lipinski definition) is 2. The molecular weight excluding hydrogens is 258 g/mol. The molecule has 104 valence electrons. The molecule has 0 aromatic heterocycles. The summed E-state index contributed by atoms with van der Waals surface area (Å²) in [6, 6.07) is 8.33. The largest absolute Gasteiger partial charge is 0.448 e. The summed E-state index contributed by atoms with van der Waals surface area (Å²) in [5.74, 6) is 0.387. The second-order valence-electron chi connectivity index (χ2n) is 5.19. The molecule has 0 aliphatic carbocycles. The van der Waals surface area contributed by atoms with E-state index in [4.69, 9.17) is 4.74 Å². The molecule has 1 fully saturated rings. The van der Waals surface area contributed by atoms with Gasteiger partial charge < -0.3 is 10.1 Å². The maximum absolute atomic E-state index is 11.9. The quantitative estimate of drug-likeness (QED) is 0.647.